The van der Waals surface area contributed by atoms with Crippen LogP contribution in [-0.2, 0) is 0 Å². The van der Waals surface area contributed by atoms with Crippen LogP contribution in [0.3, 0.4) is 0 Å². The lowest BCUT2D eigenvalue weighted by Crippen LogP contribution is -2.24. The van der Waals surface area contributed by atoms with Crippen molar-refractivity contribution in [3.8, 4) is 0 Å². The van der Waals surface area contributed by atoms with Crippen LogP contribution in [0.15, 0.2) is 24.3 Å². The highest BCUT2D eigenvalue weighted by Gasteiger charge is 2.16. The summed E-state index contributed by atoms with van der Waals surface area (Å²) in [6, 6.07) is 8.95. The molecule has 1 aromatic rings. The average molecular weight is 233 g/mol. The second-order valence-corrected chi connectivity index (χ2v) is 5.15. The molecule has 1 saturated heterocycles. The molecule has 1 atom stereocenters. The Hall–Kier alpha value is -1.06. The molecule has 3 nitrogen and oxygen atoms in total. The lowest BCUT2D eigenvalue weighted by Gasteiger charge is -2.20. The van der Waals surface area contributed by atoms with E-state index in [1.165, 1.54) is 11.3 Å². The normalized spacial score (nSPS) is 22.2. The van der Waals surface area contributed by atoms with Crippen molar-refractivity contribution in [3.05, 3.63) is 29.8 Å². The Balaban J connectivity index is 2.10. The third-order valence-electron chi connectivity index (χ3n) is 3.47. The predicted octanol–water partition coefficient (Wildman–Crippen LogP) is 1.37. The molecule has 0 radical (unpaired) electrons. The highest BCUT2D eigenvalue weighted by molar-refractivity contribution is 5.46. The molecule has 2 rings (SSSR count). The molecule has 1 fully saturated rings. The Bertz CT molecular complexity index is 345. The van der Waals surface area contributed by atoms with Crippen molar-refractivity contribution in [1.29, 1.82) is 0 Å². The van der Waals surface area contributed by atoms with Gasteiger partial charge in [-0.1, -0.05) is 12.1 Å². The quantitative estimate of drug-likeness (QED) is 0.832. The minimum Gasteiger partial charge on any atom is -0.378 e. The highest BCUT2D eigenvalue weighted by atomic mass is 15.1. The zero-order valence-corrected chi connectivity index (χ0v) is 11.1. The van der Waals surface area contributed by atoms with Crippen LogP contribution >= 0.6 is 0 Å². The molecule has 0 bridgehead atoms. The molecular weight excluding hydrogens is 210 g/mol. The van der Waals surface area contributed by atoms with E-state index in [4.69, 9.17) is 0 Å². The Morgan fingerprint density at radius 1 is 1.24 bits per heavy atom. The summed E-state index contributed by atoms with van der Waals surface area (Å²) in [5.41, 5.74) is 2.71. The summed E-state index contributed by atoms with van der Waals surface area (Å²) in [7, 11) is 6.36. The van der Waals surface area contributed by atoms with Crippen LogP contribution < -0.4 is 10.2 Å². The lowest BCUT2D eigenvalue weighted by atomic mass is 9.98. The van der Waals surface area contributed by atoms with E-state index < -0.39 is 0 Å². The molecule has 0 aromatic heterocycles. The number of nitrogens with one attached hydrogen (secondary N) is 1. The molecule has 17 heavy (non-hydrogen) atoms. The fraction of sp³-hybridized carbons (Fsp3) is 0.571. The maximum atomic E-state index is 3.51. The molecule has 0 spiro atoms. The maximum absolute atomic E-state index is 3.51. The molecule has 1 aliphatic rings. The summed E-state index contributed by atoms with van der Waals surface area (Å²) >= 11 is 0. The number of hydrogen-bond donors (Lipinski definition) is 1. The fourth-order valence-corrected chi connectivity index (χ4v) is 2.35. The largest absolute Gasteiger partial charge is 0.378 e. The summed E-state index contributed by atoms with van der Waals surface area (Å²) in [6.45, 7) is 4.48. The van der Waals surface area contributed by atoms with Crippen molar-refractivity contribution in [1.82, 2.24) is 10.2 Å². The van der Waals surface area contributed by atoms with Gasteiger partial charge in [-0.3, -0.25) is 0 Å². The monoisotopic (exact) mass is 233 g/mol. The van der Waals surface area contributed by atoms with Crippen molar-refractivity contribution in [2.75, 3.05) is 52.2 Å². The number of anilines is 1. The first-order valence-corrected chi connectivity index (χ1v) is 6.33. The molecular formula is C14H23N3. The molecule has 0 amide bonds. The standard InChI is InChI=1S/C14H23N3/c1-16(2)14-6-4-12(5-7-14)13-10-15-8-9-17(3)11-13/h4-7,13,15H,8-11H2,1-3H3. The highest BCUT2D eigenvalue weighted by Crippen LogP contribution is 2.20. The molecule has 1 aliphatic heterocycles. The van der Waals surface area contributed by atoms with Crippen LogP contribution in [0, 0.1) is 0 Å². The zero-order chi connectivity index (χ0) is 12.3. The SMILES string of the molecule is CN1CCNCC(c2ccc(N(C)C)cc2)C1. The topological polar surface area (TPSA) is 18.5 Å². The van der Waals surface area contributed by atoms with Crippen LogP contribution in [0.2, 0.25) is 0 Å². The Morgan fingerprint density at radius 2 is 1.94 bits per heavy atom. The minimum absolute atomic E-state index is 0.610. The first-order valence-electron chi connectivity index (χ1n) is 6.33. The van der Waals surface area contributed by atoms with Gasteiger partial charge < -0.3 is 15.1 Å². The van der Waals surface area contributed by atoms with Crippen LogP contribution in [0.1, 0.15) is 11.5 Å². The van der Waals surface area contributed by atoms with E-state index in [0.29, 0.717) is 5.92 Å². The molecule has 0 aliphatic carbocycles. The molecule has 1 heterocycles. The van der Waals surface area contributed by atoms with Crippen molar-refractivity contribution >= 4 is 5.69 Å². The summed E-state index contributed by atoms with van der Waals surface area (Å²) < 4.78 is 0. The third-order valence-corrected chi connectivity index (χ3v) is 3.47. The Morgan fingerprint density at radius 3 is 2.59 bits per heavy atom. The van der Waals surface area contributed by atoms with Crippen LogP contribution in [0.4, 0.5) is 5.69 Å². The van der Waals surface area contributed by atoms with E-state index >= 15 is 0 Å². The van der Waals surface area contributed by atoms with E-state index in [2.05, 4.69) is 60.5 Å². The number of likely N-dealkylation sites (N-methyl/N-ethyl adjacent to an activating group) is 1. The minimum atomic E-state index is 0.610. The van der Waals surface area contributed by atoms with Gasteiger partial charge in [-0.05, 0) is 24.7 Å². The van der Waals surface area contributed by atoms with Crippen molar-refractivity contribution in [2.24, 2.45) is 0 Å². The van der Waals surface area contributed by atoms with E-state index in [0.717, 1.165) is 26.2 Å². The summed E-state index contributed by atoms with van der Waals surface area (Å²) in [5.74, 6) is 0.610. The Kier molecular flexibility index (Phi) is 4.02. The van der Waals surface area contributed by atoms with Gasteiger partial charge in [-0.25, -0.2) is 0 Å². The fourth-order valence-electron chi connectivity index (χ4n) is 2.35. The number of nitrogens with zero attached hydrogens (tertiary/aromatic N) is 2. The molecule has 3 heteroatoms. The van der Waals surface area contributed by atoms with Gasteiger partial charge in [0.25, 0.3) is 0 Å². The van der Waals surface area contributed by atoms with Crippen LogP contribution in [0.5, 0.6) is 0 Å². The van der Waals surface area contributed by atoms with Crippen molar-refractivity contribution in [2.45, 2.75) is 5.92 Å². The predicted molar refractivity (Wildman–Crippen MR) is 73.9 cm³/mol. The molecule has 1 N–H and O–H groups in total. The van der Waals surface area contributed by atoms with E-state index in [1.54, 1.807) is 0 Å². The summed E-state index contributed by atoms with van der Waals surface area (Å²) in [5, 5.41) is 3.51. The van der Waals surface area contributed by atoms with Gasteiger partial charge in [0.05, 0.1) is 0 Å². The maximum Gasteiger partial charge on any atom is 0.0361 e. The Labute approximate surface area is 104 Å². The molecule has 0 saturated carbocycles. The van der Waals surface area contributed by atoms with Gasteiger partial charge in [0.2, 0.25) is 0 Å². The first kappa shape index (κ1) is 12.4. The van der Waals surface area contributed by atoms with Gasteiger partial charge >= 0.3 is 0 Å². The van der Waals surface area contributed by atoms with Crippen molar-refractivity contribution < 1.29 is 0 Å². The van der Waals surface area contributed by atoms with Crippen LogP contribution in [0.25, 0.3) is 0 Å². The summed E-state index contributed by atoms with van der Waals surface area (Å²) in [4.78, 5) is 4.55. The average Bonchev–Trinajstić information content (AvgIpc) is 2.54. The second-order valence-electron chi connectivity index (χ2n) is 5.15. The van der Waals surface area contributed by atoms with Gasteiger partial charge in [0.1, 0.15) is 0 Å². The number of hydrogen-bond acceptors (Lipinski definition) is 3. The third kappa shape index (κ3) is 3.20. The van der Waals surface area contributed by atoms with E-state index in [-0.39, 0.29) is 0 Å². The van der Waals surface area contributed by atoms with Crippen molar-refractivity contribution in [3.63, 3.8) is 0 Å². The molecule has 94 valence electrons. The number of benzene rings is 1. The van der Waals surface area contributed by atoms with Gasteiger partial charge in [-0.2, -0.15) is 0 Å². The smallest absolute Gasteiger partial charge is 0.0361 e. The first-order chi connectivity index (χ1) is 8.16. The van der Waals surface area contributed by atoms with Gasteiger partial charge in [0, 0.05) is 51.9 Å². The number of rotatable bonds is 2. The lowest BCUT2D eigenvalue weighted by molar-refractivity contribution is 0.342. The zero-order valence-electron chi connectivity index (χ0n) is 11.1. The van der Waals surface area contributed by atoms with Crippen LogP contribution in [-0.4, -0.2) is 52.2 Å². The van der Waals surface area contributed by atoms with Gasteiger partial charge in [-0.15, -0.1) is 0 Å². The summed E-state index contributed by atoms with van der Waals surface area (Å²) in [6.07, 6.45) is 0. The molecule has 1 aromatic carbocycles. The van der Waals surface area contributed by atoms with E-state index in [1.807, 2.05) is 0 Å². The van der Waals surface area contributed by atoms with Gasteiger partial charge in [0.15, 0.2) is 0 Å². The van der Waals surface area contributed by atoms with E-state index in [9.17, 15) is 0 Å². The molecule has 1 unspecified atom stereocenters. The second kappa shape index (κ2) is 5.52.